The Hall–Kier alpha value is -2.49. The van der Waals surface area contributed by atoms with Gasteiger partial charge in [0.05, 0.1) is 5.39 Å². The molecule has 0 spiro atoms. The van der Waals surface area contributed by atoms with E-state index in [1.54, 1.807) is 11.3 Å². The number of nitrogens with zero attached hydrogens (tertiary/aromatic N) is 5. The SMILES string of the molecule is CCc1c(C)sc2ncn3nc(-c4cc(C(F)(F)F)[nH]n4)nc3c12. The lowest BCUT2D eigenvalue weighted by molar-refractivity contribution is -0.141. The van der Waals surface area contributed by atoms with Crippen molar-refractivity contribution in [3.05, 3.63) is 28.5 Å². The summed E-state index contributed by atoms with van der Waals surface area (Å²) in [7, 11) is 0. The smallest absolute Gasteiger partial charge is 0.273 e. The van der Waals surface area contributed by atoms with Crippen LogP contribution < -0.4 is 0 Å². The van der Waals surface area contributed by atoms with Gasteiger partial charge in [0.1, 0.15) is 22.5 Å². The maximum Gasteiger partial charge on any atom is 0.432 e. The maximum absolute atomic E-state index is 12.7. The van der Waals surface area contributed by atoms with E-state index >= 15 is 0 Å². The van der Waals surface area contributed by atoms with Crippen LogP contribution in [0, 0.1) is 6.92 Å². The Balaban J connectivity index is 1.92. The largest absolute Gasteiger partial charge is 0.432 e. The van der Waals surface area contributed by atoms with Gasteiger partial charge in [-0.05, 0) is 25.0 Å². The zero-order valence-electron chi connectivity index (χ0n) is 12.6. The third-order valence-corrected chi connectivity index (χ3v) is 4.85. The Morgan fingerprint density at radius 1 is 1.33 bits per heavy atom. The number of aryl methyl sites for hydroxylation is 2. The summed E-state index contributed by atoms with van der Waals surface area (Å²) in [5, 5.41) is 10.8. The first-order chi connectivity index (χ1) is 11.4. The third-order valence-electron chi connectivity index (χ3n) is 3.80. The summed E-state index contributed by atoms with van der Waals surface area (Å²) in [6.45, 7) is 4.06. The zero-order valence-corrected chi connectivity index (χ0v) is 13.5. The van der Waals surface area contributed by atoms with Crippen molar-refractivity contribution < 1.29 is 13.2 Å². The van der Waals surface area contributed by atoms with E-state index in [0.717, 1.165) is 33.1 Å². The van der Waals surface area contributed by atoms with Gasteiger partial charge >= 0.3 is 6.18 Å². The molecular weight excluding hydrogens is 341 g/mol. The summed E-state index contributed by atoms with van der Waals surface area (Å²) >= 11 is 1.57. The predicted molar refractivity (Wildman–Crippen MR) is 82.9 cm³/mol. The van der Waals surface area contributed by atoms with Crippen molar-refractivity contribution in [2.45, 2.75) is 26.4 Å². The Morgan fingerprint density at radius 2 is 2.12 bits per heavy atom. The molecule has 4 aromatic heterocycles. The standard InChI is InChI=1S/C14H11F3N6S/c1-3-7-6(2)24-13-10(7)12-19-11(22-23(12)5-18-13)8-4-9(21-20-8)14(15,16)17/h4-5H,3H2,1-2H3,(H,20,21). The average molecular weight is 352 g/mol. The molecule has 124 valence electrons. The molecular formula is C14H11F3N6S. The van der Waals surface area contributed by atoms with Gasteiger partial charge in [-0.1, -0.05) is 6.92 Å². The minimum atomic E-state index is -4.49. The minimum Gasteiger partial charge on any atom is -0.273 e. The number of rotatable bonds is 2. The molecule has 0 fully saturated rings. The number of hydrogen-bond acceptors (Lipinski definition) is 5. The van der Waals surface area contributed by atoms with E-state index in [9.17, 15) is 13.2 Å². The van der Waals surface area contributed by atoms with Gasteiger partial charge in [0.15, 0.2) is 5.65 Å². The molecule has 24 heavy (non-hydrogen) atoms. The van der Waals surface area contributed by atoms with Gasteiger partial charge in [-0.15, -0.1) is 16.4 Å². The number of nitrogens with one attached hydrogen (secondary N) is 1. The molecule has 4 rings (SSSR count). The van der Waals surface area contributed by atoms with Gasteiger partial charge in [-0.25, -0.2) is 14.5 Å². The highest BCUT2D eigenvalue weighted by Gasteiger charge is 2.33. The van der Waals surface area contributed by atoms with Crippen molar-refractivity contribution in [3.8, 4) is 11.5 Å². The van der Waals surface area contributed by atoms with Gasteiger partial charge in [0, 0.05) is 4.88 Å². The molecule has 6 nitrogen and oxygen atoms in total. The van der Waals surface area contributed by atoms with Crippen LogP contribution in [0.3, 0.4) is 0 Å². The Labute approximate surface area is 137 Å². The number of aromatic amines is 1. The monoisotopic (exact) mass is 352 g/mol. The van der Waals surface area contributed by atoms with Crippen molar-refractivity contribution in [3.63, 3.8) is 0 Å². The summed E-state index contributed by atoms with van der Waals surface area (Å²) in [5.74, 6) is 0.127. The van der Waals surface area contributed by atoms with E-state index in [1.165, 1.54) is 10.8 Å². The number of alkyl halides is 3. The fourth-order valence-electron chi connectivity index (χ4n) is 2.68. The average Bonchev–Trinajstić information content (AvgIpc) is 3.21. The summed E-state index contributed by atoms with van der Waals surface area (Å²) in [6, 6.07) is 0.902. The van der Waals surface area contributed by atoms with Crippen LogP contribution in [0.15, 0.2) is 12.4 Å². The molecule has 0 aromatic carbocycles. The first-order valence-electron chi connectivity index (χ1n) is 7.14. The van der Waals surface area contributed by atoms with Crippen molar-refractivity contribution in [2.75, 3.05) is 0 Å². The number of aromatic nitrogens is 6. The van der Waals surface area contributed by atoms with E-state index in [0.29, 0.717) is 5.65 Å². The van der Waals surface area contributed by atoms with E-state index in [4.69, 9.17) is 0 Å². The molecule has 1 N–H and O–H groups in total. The first-order valence-corrected chi connectivity index (χ1v) is 7.96. The maximum atomic E-state index is 12.7. The van der Waals surface area contributed by atoms with Crippen molar-refractivity contribution in [1.82, 2.24) is 29.8 Å². The Kier molecular flexibility index (Phi) is 3.14. The van der Waals surface area contributed by atoms with Crippen LogP contribution in [-0.2, 0) is 12.6 Å². The number of H-pyrrole nitrogens is 1. The van der Waals surface area contributed by atoms with Crippen molar-refractivity contribution in [1.29, 1.82) is 0 Å². The molecule has 0 saturated heterocycles. The zero-order chi connectivity index (χ0) is 17.1. The second kappa shape index (κ2) is 5.00. The van der Waals surface area contributed by atoms with Crippen LogP contribution in [0.1, 0.15) is 23.1 Å². The van der Waals surface area contributed by atoms with Crippen LogP contribution in [0.2, 0.25) is 0 Å². The topological polar surface area (TPSA) is 71.8 Å². The van der Waals surface area contributed by atoms with Crippen LogP contribution >= 0.6 is 11.3 Å². The molecule has 0 amide bonds. The van der Waals surface area contributed by atoms with Crippen molar-refractivity contribution >= 4 is 27.2 Å². The van der Waals surface area contributed by atoms with Crippen LogP contribution in [0.25, 0.3) is 27.4 Å². The molecule has 0 aliphatic carbocycles. The fraction of sp³-hybridized carbons (Fsp3) is 0.286. The molecule has 0 atom stereocenters. The van der Waals surface area contributed by atoms with Gasteiger partial charge in [-0.3, -0.25) is 5.10 Å². The van der Waals surface area contributed by atoms with Crippen LogP contribution in [-0.4, -0.2) is 29.8 Å². The number of hydrogen-bond donors (Lipinski definition) is 1. The molecule has 4 aromatic rings. The Bertz CT molecular complexity index is 1060. The van der Waals surface area contributed by atoms with Crippen LogP contribution in [0.4, 0.5) is 13.2 Å². The van der Waals surface area contributed by atoms with E-state index < -0.39 is 11.9 Å². The summed E-state index contributed by atoms with van der Waals surface area (Å²) in [4.78, 5) is 10.7. The second-order valence-corrected chi connectivity index (χ2v) is 6.49. The van der Waals surface area contributed by atoms with Crippen LogP contribution in [0.5, 0.6) is 0 Å². The highest BCUT2D eigenvalue weighted by atomic mass is 32.1. The van der Waals surface area contributed by atoms with E-state index in [2.05, 4.69) is 20.2 Å². The molecule has 0 saturated carbocycles. The minimum absolute atomic E-state index is 0.0455. The number of thiophene rings is 1. The number of fused-ring (bicyclic) bond motifs is 3. The summed E-state index contributed by atoms with van der Waals surface area (Å²) < 4.78 is 39.6. The normalized spacial score (nSPS) is 12.5. The molecule has 0 aliphatic rings. The highest BCUT2D eigenvalue weighted by molar-refractivity contribution is 7.18. The predicted octanol–water partition coefficient (Wildman–Crippen LogP) is 3.62. The quantitative estimate of drug-likeness (QED) is 0.598. The van der Waals surface area contributed by atoms with Gasteiger partial charge in [-0.2, -0.15) is 18.3 Å². The Morgan fingerprint density at radius 3 is 2.79 bits per heavy atom. The molecule has 0 bridgehead atoms. The third kappa shape index (κ3) is 2.17. The molecule has 0 radical (unpaired) electrons. The summed E-state index contributed by atoms with van der Waals surface area (Å²) in [5.41, 5.74) is 0.822. The van der Waals surface area contributed by atoms with Gasteiger partial charge < -0.3 is 0 Å². The first kappa shape index (κ1) is 15.1. The molecule has 0 aliphatic heterocycles. The van der Waals surface area contributed by atoms with Crippen molar-refractivity contribution in [2.24, 2.45) is 0 Å². The molecule has 0 unspecified atom stereocenters. The molecule has 4 heterocycles. The lowest BCUT2D eigenvalue weighted by Crippen LogP contribution is -2.04. The number of halogens is 3. The van der Waals surface area contributed by atoms with E-state index in [1.807, 2.05) is 18.9 Å². The van der Waals surface area contributed by atoms with Gasteiger partial charge in [0.25, 0.3) is 0 Å². The lowest BCUT2D eigenvalue weighted by Gasteiger charge is -1.99. The second-order valence-electron chi connectivity index (χ2n) is 5.28. The lowest BCUT2D eigenvalue weighted by atomic mass is 10.1. The van der Waals surface area contributed by atoms with Gasteiger partial charge in [0.2, 0.25) is 5.82 Å². The fourth-order valence-corrected chi connectivity index (χ4v) is 3.76. The van der Waals surface area contributed by atoms with E-state index in [-0.39, 0.29) is 11.5 Å². The summed E-state index contributed by atoms with van der Waals surface area (Å²) in [6.07, 6.45) is -2.16. The highest BCUT2D eigenvalue weighted by Crippen LogP contribution is 2.33. The molecule has 10 heteroatoms.